The van der Waals surface area contributed by atoms with Crippen molar-refractivity contribution in [1.29, 1.82) is 0 Å². The molecule has 1 atom stereocenters. The number of rotatable bonds is 8. The molecule has 4 heteroatoms. The van der Waals surface area contributed by atoms with Gasteiger partial charge in [0.1, 0.15) is 6.04 Å². The second-order valence-corrected chi connectivity index (χ2v) is 8.44. The number of nitrogens with one attached hydrogen (secondary N) is 1. The molecule has 1 fully saturated rings. The van der Waals surface area contributed by atoms with Crippen LogP contribution >= 0.6 is 0 Å². The van der Waals surface area contributed by atoms with Crippen LogP contribution < -0.4 is 5.32 Å². The smallest absolute Gasteiger partial charge is 0.243 e. The summed E-state index contributed by atoms with van der Waals surface area (Å²) in [5.41, 5.74) is 3.16. The van der Waals surface area contributed by atoms with Crippen LogP contribution in [0.25, 0.3) is 0 Å². The molecule has 3 rings (SSSR count). The summed E-state index contributed by atoms with van der Waals surface area (Å²) in [5.74, 6) is -0.0204. The van der Waals surface area contributed by atoms with Gasteiger partial charge in [-0.15, -0.1) is 0 Å². The molecule has 0 saturated heterocycles. The second kappa shape index (κ2) is 11.0. The summed E-state index contributed by atoms with van der Waals surface area (Å²) < 4.78 is 0. The highest BCUT2D eigenvalue weighted by molar-refractivity contribution is 5.88. The van der Waals surface area contributed by atoms with Gasteiger partial charge >= 0.3 is 0 Å². The Labute approximate surface area is 180 Å². The third kappa shape index (κ3) is 6.19. The van der Waals surface area contributed by atoms with Gasteiger partial charge < -0.3 is 10.2 Å². The fourth-order valence-corrected chi connectivity index (χ4v) is 4.34. The zero-order chi connectivity index (χ0) is 21.3. The van der Waals surface area contributed by atoms with Crippen LogP contribution in [0.4, 0.5) is 0 Å². The number of carbonyl (C=O) groups is 2. The SMILES string of the molecule is CC[C@H](C(=O)NC1CCCCC1)N(Cc1ccccc1)C(=O)Cc1cccc(C)c1. The van der Waals surface area contributed by atoms with E-state index in [2.05, 4.69) is 5.32 Å². The molecule has 2 amide bonds. The Hall–Kier alpha value is -2.62. The van der Waals surface area contributed by atoms with Gasteiger partial charge in [0, 0.05) is 12.6 Å². The maximum atomic E-state index is 13.4. The van der Waals surface area contributed by atoms with Crippen molar-refractivity contribution in [3.05, 3.63) is 71.3 Å². The Bertz CT molecular complexity index is 828. The summed E-state index contributed by atoms with van der Waals surface area (Å²) in [6.45, 7) is 4.47. The Kier molecular flexibility index (Phi) is 8.06. The maximum absolute atomic E-state index is 13.4. The highest BCUT2D eigenvalue weighted by atomic mass is 16.2. The highest BCUT2D eigenvalue weighted by Gasteiger charge is 2.30. The summed E-state index contributed by atoms with van der Waals surface area (Å²) >= 11 is 0. The number of amides is 2. The predicted octanol–water partition coefficient (Wildman–Crippen LogP) is 4.79. The van der Waals surface area contributed by atoms with Gasteiger partial charge in [0.25, 0.3) is 0 Å². The molecule has 0 radical (unpaired) electrons. The molecular weight excluding hydrogens is 372 g/mol. The van der Waals surface area contributed by atoms with Crippen molar-refractivity contribution >= 4 is 11.8 Å². The third-order valence-corrected chi connectivity index (χ3v) is 5.97. The van der Waals surface area contributed by atoms with E-state index in [4.69, 9.17) is 0 Å². The molecule has 1 saturated carbocycles. The first-order chi connectivity index (χ1) is 14.6. The molecule has 0 heterocycles. The van der Waals surface area contributed by atoms with E-state index in [0.717, 1.165) is 29.5 Å². The largest absolute Gasteiger partial charge is 0.352 e. The average molecular weight is 407 g/mol. The Balaban J connectivity index is 1.78. The van der Waals surface area contributed by atoms with Crippen LogP contribution in [0.5, 0.6) is 0 Å². The lowest BCUT2D eigenvalue weighted by molar-refractivity contribution is -0.141. The first-order valence-corrected chi connectivity index (χ1v) is 11.3. The summed E-state index contributed by atoms with van der Waals surface area (Å²) in [6.07, 6.45) is 6.57. The molecule has 0 bridgehead atoms. The zero-order valence-electron chi connectivity index (χ0n) is 18.3. The normalized spacial score (nSPS) is 15.4. The quantitative estimate of drug-likeness (QED) is 0.685. The van der Waals surface area contributed by atoms with Gasteiger partial charge in [-0.2, -0.15) is 0 Å². The minimum absolute atomic E-state index is 0.00454. The summed E-state index contributed by atoms with van der Waals surface area (Å²) in [7, 11) is 0. The van der Waals surface area contributed by atoms with Crippen molar-refractivity contribution in [3.63, 3.8) is 0 Å². The molecule has 0 aliphatic heterocycles. The first-order valence-electron chi connectivity index (χ1n) is 11.3. The minimum Gasteiger partial charge on any atom is -0.352 e. The Morgan fingerprint density at radius 2 is 1.70 bits per heavy atom. The summed E-state index contributed by atoms with van der Waals surface area (Å²) in [4.78, 5) is 28.3. The van der Waals surface area contributed by atoms with Crippen LogP contribution in [0.1, 0.15) is 62.1 Å². The molecule has 30 heavy (non-hydrogen) atoms. The molecule has 1 N–H and O–H groups in total. The van der Waals surface area contributed by atoms with Gasteiger partial charge in [0.15, 0.2) is 0 Å². The topological polar surface area (TPSA) is 49.4 Å². The second-order valence-electron chi connectivity index (χ2n) is 8.44. The van der Waals surface area contributed by atoms with Gasteiger partial charge in [-0.3, -0.25) is 9.59 Å². The van der Waals surface area contributed by atoms with Gasteiger partial charge in [-0.1, -0.05) is 86.3 Å². The van der Waals surface area contributed by atoms with Crippen molar-refractivity contribution in [2.45, 2.75) is 77.4 Å². The molecule has 0 unspecified atom stereocenters. The lowest BCUT2D eigenvalue weighted by atomic mass is 9.95. The van der Waals surface area contributed by atoms with E-state index in [0.29, 0.717) is 19.4 Å². The predicted molar refractivity (Wildman–Crippen MR) is 121 cm³/mol. The van der Waals surface area contributed by atoms with Gasteiger partial charge in [0.2, 0.25) is 11.8 Å². The standard InChI is InChI=1S/C26H34N2O2/c1-3-24(26(30)27-23-15-8-5-9-16-23)28(19-21-12-6-4-7-13-21)25(29)18-22-14-10-11-20(2)17-22/h4,6-7,10-14,17,23-24H,3,5,8-9,15-16,18-19H2,1-2H3,(H,27,30)/t24-/m1/s1. The molecule has 4 nitrogen and oxygen atoms in total. The van der Waals surface area contributed by atoms with Crippen molar-refractivity contribution in [1.82, 2.24) is 10.2 Å². The lowest BCUT2D eigenvalue weighted by Crippen LogP contribution is -2.51. The van der Waals surface area contributed by atoms with Gasteiger partial charge in [-0.05, 0) is 37.3 Å². The van der Waals surface area contributed by atoms with Gasteiger partial charge in [-0.25, -0.2) is 0 Å². The summed E-state index contributed by atoms with van der Waals surface area (Å²) in [6, 6.07) is 17.8. The van der Waals surface area contributed by atoms with Crippen molar-refractivity contribution in [2.75, 3.05) is 0 Å². The molecule has 0 spiro atoms. The summed E-state index contributed by atoms with van der Waals surface area (Å²) in [5, 5.41) is 3.23. The third-order valence-electron chi connectivity index (χ3n) is 5.97. The molecule has 160 valence electrons. The minimum atomic E-state index is -0.454. The molecule has 0 aromatic heterocycles. The van der Waals surface area contributed by atoms with Crippen LogP contribution in [0.15, 0.2) is 54.6 Å². The molecule has 1 aliphatic rings. The zero-order valence-corrected chi connectivity index (χ0v) is 18.3. The Morgan fingerprint density at radius 1 is 1.00 bits per heavy atom. The van der Waals surface area contributed by atoms with Gasteiger partial charge in [0.05, 0.1) is 6.42 Å². The fourth-order valence-electron chi connectivity index (χ4n) is 4.34. The fraction of sp³-hybridized carbons (Fsp3) is 0.462. The number of aryl methyl sites for hydroxylation is 1. The number of nitrogens with zero attached hydrogens (tertiary/aromatic N) is 1. The first kappa shape index (κ1) is 22.1. The maximum Gasteiger partial charge on any atom is 0.243 e. The highest BCUT2D eigenvalue weighted by Crippen LogP contribution is 2.19. The Morgan fingerprint density at radius 3 is 2.37 bits per heavy atom. The number of carbonyl (C=O) groups excluding carboxylic acids is 2. The van der Waals surface area contributed by atoms with E-state index in [1.165, 1.54) is 19.3 Å². The van der Waals surface area contributed by atoms with Crippen LogP contribution in [-0.2, 0) is 22.6 Å². The number of hydrogen-bond donors (Lipinski definition) is 1. The van der Waals surface area contributed by atoms with E-state index in [1.54, 1.807) is 4.90 Å². The van der Waals surface area contributed by atoms with Crippen molar-refractivity contribution in [2.24, 2.45) is 0 Å². The van der Waals surface area contributed by atoms with E-state index >= 15 is 0 Å². The molecule has 2 aromatic carbocycles. The van der Waals surface area contributed by atoms with Crippen LogP contribution in [0.3, 0.4) is 0 Å². The molecular formula is C26H34N2O2. The van der Waals surface area contributed by atoms with Crippen LogP contribution in [-0.4, -0.2) is 28.8 Å². The lowest BCUT2D eigenvalue weighted by Gasteiger charge is -2.33. The van der Waals surface area contributed by atoms with E-state index in [9.17, 15) is 9.59 Å². The van der Waals surface area contributed by atoms with E-state index < -0.39 is 6.04 Å². The number of benzene rings is 2. The number of hydrogen-bond acceptors (Lipinski definition) is 2. The molecule has 1 aliphatic carbocycles. The monoisotopic (exact) mass is 406 g/mol. The van der Waals surface area contributed by atoms with E-state index in [1.807, 2.05) is 68.4 Å². The van der Waals surface area contributed by atoms with Crippen LogP contribution in [0, 0.1) is 6.92 Å². The van der Waals surface area contributed by atoms with Crippen molar-refractivity contribution in [3.8, 4) is 0 Å². The van der Waals surface area contributed by atoms with Crippen LogP contribution in [0.2, 0.25) is 0 Å². The van der Waals surface area contributed by atoms with Crippen molar-refractivity contribution < 1.29 is 9.59 Å². The van der Waals surface area contributed by atoms with E-state index in [-0.39, 0.29) is 17.9 Å². The average Bonchev–Trinajstić information content (AvgIpc) is 2.75. The molecule has 2 aromatic rings.